The van der Waals surface area contributed by atoms with Crippen LogP contribution >= 0.6 is 0 Å². The van der Waals surface area contributed by atoms with E-state index < -0.39 is 0 Å². The molecular weight excluding hydrogens is 269 g/mol. The van der Waals surface area contributed by atoms with Crippen molar-refractivity contribution < 1.29 is 13.9 Å². The van der Waals surface area contributed by atoms with Crippen LogP contribution in [0.15, 0.2) is 36.4 Å². The zero-order valence-electron chi connectivity index (χ0n) is 12.0. The molecule has 0 bridgehead atoms. The SMILES string of the molecule is COCCOc1cc(F)ccc1-c1ccc2c(c1)CNC2. The minimum absolute atomic E-state index is 0.297. The zero-order valence-corrected chi connectivity index (χ0v) is 12.0. The zero-order chi connectivity index (χ0) is 14.7. The summed E-state index contributed by atoms with van der Waals surface area (Å²) >= 11 is 0. The second-order valence-electron chi connectivity index (χ2n) is 5.07. The molecule has 21 heavy (non-hydrogen) atoms. The van der Waals surface area contributed by atoms with E-state index in [0.29, 0.717) is 19.0 Å². The van der Waals surface area contributed by atoms with Crippen molar-refractivity contribution in [2.24, 2.45) is 0 Å². The lowest BCUT2D eigenvalue weighted by Crippen LogP contribution is -2.05. The summed E-state index contributed by atoms with van der Waals surface area (Å²) in [6.45, 7) is 2.67. The van der Waals surface area contributed by atoms with E-state index in [1.54, 1.807) is 13.2 Å². The second kappa shape index (κ2) is 6.24. The normalized spacial score (nSPS) is 13.2. The summed E-state index contributed by atoms with van der Waals surface area (Å²) in [5.74, 6) is 0.256. The van der Waals surface area contributed by atoms with Crippen molar-refractivity contribution in [3.05, 3.63) is 53.3 Å². The average Bonchev–Trinajstić information content (AvgIpc) is 2.95. The standard InChI is InChI=1S/C17H18FNO2/c1-20-6-7-21-17-9-15(18)4-5-16(17)12-2-3-13-10-19-11-14(13)8-12/h2-5,8-9,19H,6-7,10-11H2,1H3. The van der Waals surface area contributed by atoms with E-state index in [4.69, 9.17) is 9.47 Å². The van der Waals surface area contributed by atoms with Crippen LogP contribution in [-0.2, 0) is 17.8 Å². The van der Waals surface area contributed by atoms with Crippen molar-refractivity contribution in [3.63, 3.8) is 0 Å². The summed E-state index contributed by atoms with van der Waals surface area (Å²) in [5, 5.41) is 3.32. The second-order valence-corrected chi connectivity index (χ2v) is 5.07. The highest BCUT2D eigenvalue weighted by atomic mass is 19.1. The Morgan fingerprint density at radius 3 is 2.76 bits per heavy atom. The summed E-state index contributed by atoms with van der Waals surface area (Å²) in [7, 11) is 1.61. The van der Waals surface area contributed by atoms with Gasteiger partial charge in [-0.25, -0.2) is 4.39 Å². The van der Waals surface area contributed by atoms with Crippen LogP contribution in [0.2, 0.25) is 0 Å². The third kappa shape index (κ3) is 3.06. The molecule has 3 rings (SSSR count). The van der Waals surface area contributed by atoms with E-state index in [1.807, 2.05) is 0 Å². The number of rotatable bonds is 5. The maximum absolute atomic E-state index is 13.5. The lowest BCUT2D eigenvalue weighted by atomic mass is 10.00. The number of halogens is 1. The summed E-state index contributed by atoms with van der Waals surface area (Å²) in [5.41, 5.74) is 4.56. The van der Waals surface area contributed by atoms with Crippen LogP contribution in [0.4, 0.5) is 4.39 Å². The third-order valence-electron chi connectivity index (χ3n) is 3.64. The Bertz CT molecular complexity index is 643. The molecule has 1 aliphatic heterocycles. The van der Waals surface area contributed by atoms with Crippen LogP contribution in [0.5, 0.6) is 5.75 Å². The maximum Gasteiger partial charge on any atom is 0.130 e. The summed E-state index contributed by atoms with van der Waals surface area (Å²) in [4.78, 5) is 0. The van der Waals surface area contributed by atoms with Crippen LogP contribution in [0, 0.1) is 5.82 Å². The lowest BCUT2D eigenvalue weighted by molar-refractivity contribution is 0.146. The van der Waals surface area contributed by atoms with Gasteiger partial charge in [0.15, 0.2) is 0 Å². The molecule has 2 aromatic carbocycles. The number of hydrogen-bond acceptors (Lipinski definition) is 3. The Labute approximate surface area is 123 Å². The van der Waals surface area contributed by atoms with Gasteiger partial charge in [0.05, 0.1) is 6.61 Å². The van der Waals surface area contributed by atoms with Gasteiger partial charge in [0, 0.05) is 31.8 Å². The molecule has 0 saturated heterocycles. The molecule has 0 spiro atoms. The molecule has 0 amide bonds. The van der Waals surface area contributed by atoms with Crippen LogP contribution in [0.1, 0.15) is 11.1 Å². The number of hydrogen-bond donors (Lipinski definition) is 1. The molecule has 110 valence electrons. The molecule has 4 heteroatoms. The Hall–Kier alpha value is -1.91. The van der Waals surface area contributed by atoms with Crippen LogP contribution < -0.4 is 10.1 Å². The average molecular weight is 287 g/mol. The molecule has 1 aliphatic rings. The van der Waals surface area contributed by atoms with Crippen LogP contribution in [0.3, 0.4) is 0 Å². The van der Waals surface area contributed by atoms with Crippen molar-refractivity contribution in [1.29, 1.82) is 0 Å². The van der Waals surface area contributed by atoms with Crippen molar-refractivity contribution in [2.75, 3.05) is 20.3 Å². The van der Waals surface area contributed by atoms with Crippen LogP contribution in [-0.4, -0.2) is 20.3 Å². The molecule has 3 nitrogen and oxygen atoms in total. The Kier molecular flexibility index (Phi) is 4.18. The first kappa shape index (κ1) is 14.0. The largest absolute Gasteiger partial charge is 0.490 e. The topological polar surface area (TPSA) is 30.5 Å². The third-order valence-corrected chi connectivity index (χ3v) is 3.64. The van der Waals surface area contributed by atoms with Gasteiger partial charge < -0.3 is 14.8 Å². The van der Waals surface area contributed by atoms with E-state index >= 15 is 0 Å². The fraction of sp³-hybridized carbons (Fsp3) is 0.294. The number of nitrogens with one attached hydrogen (secondary N) is 1. The van der Waals surface area contributed by atoms with E-state index in [9.17, 15) is 4.39 Å². The van der Waals surface area contributed by atoms with Gasteiger partial charge in [-0.15, -0.1) is 0 Å². The summed E-state index contributed by atoms with van der Waals surface area (Å²) in [6, 6.07) is 11.0. The van der Waals surface area contributed by atoms with Crippen LogP contribution in [0.25, 0.3) is 11.1 Å². The Morgan fingerprint density at radius 2 is 1.90 bits per heavy atom. The van der Waals surface area contributed by atoms with E-state index in [2.05, 4.69) is 23.5 Å². The van der Waals surface area contributed by atoms with Gasteiger partial charge in [-0.2, -0.15) is 0 Å². The fourth-order valence-corrected chi connectivity index (χ4v) is 2.55. The van der Waals surface area contributed by atoms with Gasteiger partial charge in [-0.05, 0) is 34.9 Å². The summed E-state index contributed by atoms with van der Waals surface area (Å²) in [6.07, 6.45) is 0. The molecule has 0 saturated carbocycles. The van der Waals surface area contributed by atoms with Gasteiger partial charge in [0.2, 0.25) is 0 Å². The number of ether oxygens (including phenoxy) is 2. The first-order chi connectivity index (χ1) is 10.3. The quantitative estimate of drug-likeness (QED) is 0.857. The van der Waals surface area contributed by atoms with E-state index in [1.165, 1.54) is 23.3 Å². The van der Waals surface area contributed by atoms with Gasteiger partial charge >= 0.3 is 0 Å². The minimum atomic E-state index is -0.297. The minimum Gasteiger partial charge on any atom is -0.490 e. The molecule has 0 unspecified atom stereocenters. The molecule has 1 N–H and O–H groups in total. The molecular formula is C17H18FNO2. The molecule has 0 fully saturated rings. The predicted octanol–water partition coefficient (Wildman–Crippen LogP) is 3.12. The highest BCUT2D eigenvalue weighted by Crippen LogP contribution is 2.32. The van der Waals surface area contributed by atoms with Gasteiger partial charge in [0.1, 0.15) is 18.2 Å². The molecule has 1 heterocycles. The van der Waals surface area contributed by atoms with Gasteiger partial charge in [-0.3, -0.25) is 0 Å². The maximum atomic E-state index is 13.5. The predicted molar refractivity (Wildman–Crippen MR) is 79.8 cm³/mol. The monoisotopic (exact) mass is 287 g/mol. The molecule has 0 atom stereocenters. The molecule has 0 aliphatic carbocycles. The highest BCUT2D eigenvalue weighted by Gasteiger charge is 2.13. The van der Waals surface area contributed by atoms with Crippen molar-refractivity contribution >= 4 is 0 Å². The van der Waals surface area contributed by atoms with Gasteiger partial charge in [0.25, 0.3) is 0 Å². The molecule has 0 aromatic heterocycles. The van der Waals surface area contributed by atoms with E-state index in [0.717, 1.165) is 24.2 Å². The Morgan fingerprint density at radius 1 is 1.05 bits per heavy atom. The van der Waals surface area contributed by atoms with Gasteiger partial charge in [-0.1, -0.05) is 12.1 Å². The fourth-order valence-electron chi connectivity index (χ4n) is 2.55. The number of benzene rings is 2. The molecule has 0 radical (unpaired) electrons. The lowest BCUT2D eigenvalue weighted by Gasteiger charge is -2.12. The van der Waals surface area contributed by atoms with Crippen molar-refractivity contribution in [1.82, 2.24) is 5.32 Å². The van der Waals surface area contributed by atoms with E-state index in [-0.39, 0.29) is 5.82 Å². The Balaban J connectivity index is 1.93. The summed E-state index contributed by atoms with van der Waals surface area (Å²) < 4.78 is 24.1. The van der Waals surface area contributed by atoms with Crippen molar-refractivity contribution in [2.45, 2.75) is 13.1 Å². The first-order valence-electron chi connectivity index (χ1n) is 7.02. The number of methoxy groups -OCH3 is 1. The molecule has 2 aromatic rings. The number of fused-ring (bicyclic) bond motifs is 1. The smallest absolute Gasteiger partial charge is 0.130 e. The van der Waals surface area contributed by atoms with Crippen molar-refractivity contribution in [3.8, 4) is 16.9 Å². The first-order valence-corrected chi connectivity index (χ1v) is 7.02. The highest BCUT2D eigenvalue weighted by molar-refractivity contribution is 5.71.